The second-order valence-corrected chi connectivity index (χ2v) is 3.21. The summed E-state index contributed by atoms with van der Waals surface area (Å²) < 4.78 is 5.65. The molecule has 2 aromatic rings. The van der Waals surface area contributed by atoms with Crippen LogP contribution >= 0.6 is 0 Å². The number of nitrogens with zero attached hydrogens (tertiary/aromatic N) is 1. The zero-order valence-electron chi connectivity index (χ0n) is 8.42. The summed E-state index contributed by atoms with van der Waals surface area (Å²) in [5, 5.41) is 13.6. The van der Waals surface area contributed by atoms with Crippen LogP contribution in [0.2, 0.25) is 0 Å². The molecule has 0 atom stereocenters. The molecule has 2 aromatic heterocycles. The fraction of sp³-hybridized carbons (Fsp3) is 0.0909. The average Bonchev–Trinajstić information content (AvgIpc) is 2.78. The minimum absolute atomic E-state index is 0.304. The summed E-state index contributed by atoms with van der Waals surface area (Å²) in [5.41, 5.74) is 0.323. The van der Waals surface area contributed by atoms with Crippen LogP contribution in [0.15, 0.2) is 47.3 Å². The van der Waals surface area contributed by atoms with Crippen molar-refractivity contribution >= 4 is 5.91 Å². The fourth-order valence-corrected chi connectivity index (χ4v) is 1.27. The molecule has 0 radical (unpaired) electrons. The van der Waals surface area contributed by atoms with Gasteiger partial charge in [-0.1, -0.05) is 0 Å². The lowest BCUT2D eigenvalue weighted by Gasteiger charge is -2.02. The van der Waals surface area contributed by atoms with Crippen LogP contribution in [0, 0.1) is 5.21 Å². The van der Waals surface area contributed by atoms with Gasteiger partial charge in [0.2, 0.25) is 0 Å². The Kier molecular flexibility index (Phi) is 2.86. The first-order valence-electron chi connectivity index (χ1n) is 4.75. The van der Waals surface area contributed by atoms with E-state index in [9.17, 15) is 10.0 Å². The van der Waals surface area contributed by atoms with Crippen molar-refractivity contribution in [2.75, 3.05) is 0 Å². The van der Waals surface area contributed by atoms with Crippen molar-refractivity contribution in [2.45, 2.75) is 6.54 Å². The molecule has 5 nitrogen and oxygen atoms in total. The lowest BCUT2D eigenvalue weighted by molar-refractivity contribution is -0.605. The first-order chi connectivity index (χ1) is 7.75. The van der Waals surface area contributed by atoms with Gasteiger partial charge in [0.05, 0.1) is 12.8 Å². The minimum atomic E-state index is -0.304. The maximum atomic E-state index is 11.6. The molecule has 0 aliphatic carbocycles. The smallest absolute Gasteiger partial charge is 0.257 e. The molecule has 2 rings (SSSR count). The van der Waals surface area contributed by atoms with Crippen molar-refractivity contribution in [3.8, 4) is 0 Å². The number of amides is 1. The van der Waals surface area contributed by atoms with E-state index in [0.717, 1.165) is 0 Å². The van der Waals surface area contributed by atoms with Gasteiger partial charge in [-0.3, -0.25) is 4.79 Å². The van der Waals surface area contributed by atoms with Gasteiger partial charge in [0.1, 0.15) is 11.3 Å². The maximum absolute atomic E-state index is 11.6. The van der Waals surface area contributed by atoms with Crippen LogP contribution in [-0.4, -0.2) is 5.91 Å². The Morgan fingerprint density at radius 1 is 1.44 bits per heavy atom. The van der Waals surface area contributed by atoms with Gasteiger partial charge in [-0.15, -0.1) is 0 Å². The average molecular weight is 218 g/mol. The van der Waals surface area contributed by atoms with E-state index >= 15 is 0 Å². The highest BCUT2D eigenvalue weighted by Crippen LogP contribution is 2.00. The topological polar surface area (TPSA) is 69.2 Å². The Morgan fingerprint density at radius 2 is 2.31 bits per heavy atom. The molecule has 0 saturated carbocycles. The number of hydrogen-bond donors (Lipinski definition) is 1. The first-order valence-corrected chi connectivity index (χ1v) is 4.75. The zero-order chi connectivity index (χ0) is 11.4. The monoisotopic (exact) mass is 218 g/mol. The molecule has 1 N–H and O–H groups in total. The largest absolute Gasteiger partial charge is 0.619 e. The number of hydrogen-bond acceptors (Lipinski definition) is 3. The van der Waals surface area contributed by atoms with Crippen molar-refractivity contribution in [1.29, 1.82) is 0 Å². The maximum Gasteiger partial charge on any atom is 0.257 e. The van der Waals surface area contributed by atoms with Gasteiger partial charge in [-0.2, -0.15) is 4.73 Å². The fourth-order valence-electron chi connectivity index (χ4n) is 1.27. The highest BCUT2D eigenvalue weighted by Gasteiger charge is 2.08. The summed E-state index contributed by atoms with van der Waals surface area (Å²) in [6.45, 7) is 0.305. The van der Waals surface area contributed by atoms with E-state index in [1.807, 2.05) is 0 Å². The lowest BCUT2D eigenvalue weighted by atomic mass is 10.2. The number of nitrogens with one attached hydrogen (secondary N) is 1. The molecule has 0 fully saturated rings. The SMILES string of the molecule is O=C(NCc1ccco1)c1ccc[n+]([O-])c1. The molecular weight excluding hydrogens is 208 g/mol. The van der Waals surface area contributed by atoms with Crippen LogP contribution in [-0.2, 0) is 6.54 Å². The second kappa shape index (κ2) is 4.48. The van der Waals surface area contributed by atoms with E-state index in [1.165, 1.54) is 24.7 Å². The van der Waals surface area contributed by atoms with E-state index in [4.69, 9.17) is 4.42 Å². The quantitative estimate of drug-likeness (QED) is 0.613. The first kappa shape index (κ1) is 10.2. The lowest BCUT2D eigenvalue weighted by Crippen LogP contribution is -2.29. The van der Waals surface area contributed by atoms with Crippen molar-refractivity contribution in [2.24, 2.45) is 0 Å². The molecule has 0 aromatic carbocycles. The minimum Gasteiger partial charge on any atom is -0.619 e. The number of pyridine rings is 1. The Labute approximate surface area is 91.9 Å². The molecule has 0 unspecified atom stereocenters. The van der Waals surface area contributed by atoms with Gasteiger partial charge in [0.25, 0.3) is 5.91 Å². The third-order valence-corrected chi connectivity index (χ3v) is 2.04. The molecule has 5 heteroatoms. The van der Waals surface area contributed by atoms with Crippen LogP contribution in [0.5, 0.6) is 0 Å². The highest BCUT2D eigenvalue weighted by molar-refractivity contribution is 5.93. The summed E-state index contributed by atoms with van der Waals surface area (Å²) >= 11 is 0. The molecule has 0 aliphatic rings. The summed E-state index contributed by atoms with van der Waals surface area (Å²) in [5.74, 6) is 0.362. The number of furan rings is 1. The molecule has 0 bridgehead atoms. The van der Waals surface area contributed by atoms with Gasteiger partial charge in [-0.05, 0) is 18.2 Å². The Bertz CT molecular complexity index is 480. The van der Waals surface area contributed by atoms with Crippen LogP contribution in [0.3, 0.4) is 0 Å². The molecule has 0 aliphatic heterocycles. The predicted octanol–water partition coefficient (Wildman–Crippen LogP) is 0.843. The molecule has 82 valence electrons. The Morgan fingerprint density at radius 3 is 3.00 bits per heavy atom. The van der Waals surface area contributed by atoms with Crippen LogP contribution in [0.25, 0.3) is 0 Å². The van der Waals surface area contributed by atoms with Crippen LogP contribution in [0.1, 0.15) is 16.1 Å². The third kappa shape index (κ3) is 2.38. The number of aromatic nitrogens is 1. The Balaban J connectivity index is 1.98. The standard InChI is InChI=1S/C11H10N2O3/c14-11(9-3-1-5-13(15)8-9)12-7-10-4-2-6-16-10/h1-6,8H,7H2,(H,12,14). The van der Waals surface area contributed by atoms with E-state index in [1.54, 1.807) is 18.2 Å². The van der Waals surface area contributed by atoms with Crippen molar-refractivity contribution in [3.63, 3.8) is 0 Å². The highest BCUT2D eigenvalue weighted by atomic mass is 16.5. The number of carbonyl (C=O) groups is 1. The van der Waals surface area contributed by atoms with Crippen molar-refractivity contribution in [3.05, 3.63) is 59.5 Å². The summed E-state index contributed by atoms with van der Waals surface area (Å²) in [4.78, 5) is 11.6. The van der Waals surface area contributed by atoms with Crippen LogP contribution in [0.4, 0.5) is 0 Å². The summed E-state index contributed by atoms with van der Waals surface area (Å²) in [7, 11) is 0. The molecular formula is C11H10N2O3. The normalized spacial score (nSPS) is 10.0. The molecule has 2 heterocycles. The van der Waals surface area contributed by atoms with Gasteiger partial charge in [-0.25, -0.2) is 0 Å². The number of carbonyl (C=O) groups excluding carboxylic acids is 1. The van der Waals surface area contributed by atoms with E-state index in [2.05, 4.69) is 5.32 Å². The van der Waals surface area contributed by atoms with Crippen molar-refractivity contribution < 1.29 is 13.9 Å². The van der Waals surface area contributed by atoms with Gasteiger partial charge < -0.3 is 14.9 Å². The van der Waals surface area contributed by atoms with Crippen LogP contribution < -0.4 is 10.0 Å². The van der Waals surface area contributed by atoms with E-state index in [0.29, 0.717) is 22.6 Å². The van der Waals surface area contributed by atoms with Gasteiger partial charge in [0, 0.05) is 6.07 Å². The van der Waals surface area contributed by atoms with E-state index < -0.39 is 0 Å². The molecule has 1 amide bonds. The number of rotatable bonds is 3. The predicted molar refractivity (Wildman–Crippen MR) is 55.3 cm³/mol. The third-order valence-electron chi connectivity index (χ3n) is 2.04. The second-order valence-electron chi connectivity index (χ2n) is 3.21. The summed E-state index contributed by atoms with van der Waals surface area (Å²) in [6.07, 6.45) is 4.08. The molecule has 16 heavy (non-hydrogen) atoms. The van der Waals surface area contributed by atoms with Gasteiger partial charge >= 0.3 is 0 Å². The Hall–Kier alpha value is -2.30. The molecule has 0 saturated heterocycles. The zero-order valence-corrected chi connectivity index (χ0v) is 8.42. The van der Waals surface area contributed by atoms with Crippen molar-refractivity contribution in [1.82, 2.24) is 5.32 Å². The summed E-state index contributed by atoms with van der Waals surface area (Å²) in [6, 6.07) is 6.61. The van der Waals surface area contributed by atoms with Gasteiger partial charge in [0.15, 0.2) is 12.4 Å². The molecule has 0 spiro atoms. The van der Waals surface area contributed by atoms with E-state index in [-0.39, 0.29) is 5.91 Å².